The lowest BCUT2D eigenvalue weighted by Gasteiger charge is -2.12. The van der Waals surface area contributed by atoms with Crippen LogP contribution in [0, 0.1) is 0 Å². The first-order valence-corrected chi connectivity index (χ1v) is 11.0. The number of para-hydroxylation sites is 1. The molecule has 0 aromatic heterocycles. The summed E-state index contributed by atoms with van der Waals surface area (Å²) < 4.78 is 27.9. The molecule has 0 heterocycles. The van der Waals surface area contributed by atoms with Gasteiger partial charge in [-0.15, -0.1) is 0 Å². The Labute approximate surface area is 179 Å². The summed E-state index contributed by atoms with van der Waals surface area (Å²) in [6.07, 6.45) is 0.853. The maximum Gasteiger partial charge on any atom is 0.263 e. The minimum absolute atomic E-state index is 0.0341. The fourth-order valence-electron chi connectivity index (χ4n) is 2.66. The predicted molar refractivity (Wildman–Crippen MR) is 117 cm³/mol. The summed E-state index contributed by atoms with van der Waals surface area (Å²) >= 11 is 12.1. The van der Waals surface area contributed by atoms with Crippen LogP contribution >= 0.6 is 23.2 Å². The standard InChI is InChI=1S/C21H18Cl2N2O3S/c22-17-8-4-5-9-19(17)25-29(27,28)20-14-16(11-12-18(20)23)24-21(26)13-10-15-6-2-1-3-7-15/h1-9,11-12,14,25H,10,13H2,(H,24,26). The van der Waals surface area contributed by atoms with E-state index in [2.05, 4.69) is 10.0 Å². The minimum Gasteiger partial charge on any atom is -0.326 e. The summed E-state index contributed by atoms with van der Waals surface area (Å²) in [6, 6.07) is 20.4. The second-order valence-corrected chi connectivity index (χ2v) is 8.73. The first kappa shape index (κ1) is 21.2. The highest BCUT2D eigenvalue weighted by Gasteiger charge is 2.20. The van der Waals surface area contributed by atoms with Crippen LogP contribution in [0.5, 0.6) is 0 Å². The molecule has 0 aliphatic carbocycles. The van der Waals surface area contributed by atoms with E-state index in [4.69, 9.17) is 23.2 Å². The average molecular weight is 449 g/mol. The molecule has 0 aliphatic heterocycles. The van der Waals surface area contributed by atoms with Crippen molar-refractivity contribution in [2.75, 3.05) is 10.0 Å². The second-order valence-electron chi connectivity index (χ2n) is 6.26. The molecule has 0 unspecified atom stereocenters. The molecule has 0 fully saturated rings. The monoisotopic (exact) mass is 448 g/mol. The summed E-state index contributed by atoms with van der Waals surface area (Å²) in [4.78, 5) is 12.1. The maximum absolute atomic E-state index is 12.8. The van der Waals surface area contributed by atoms with Crippen LogP contribution in [0.15, 0.2) is 77.7 Å². The predicted octanol–water partition coefficient (Wildman–Crippen LogP) is 5.37. The van der Waals surface area contributed by atoms with Crippen LogP contribution in [0.2, 0.25) is 10.0 Å². The van der Waals surface area contributed by atoms with E-state index in [1.807, 2.05) is 30.3 Å². The van der Waals surface area contributed by atoms with Gasteiger partial charge in [0.1, 0.15) is 4.90 Å². The van der Waals surface area contributed by atoms with Gasteiger partial charge in [0.2, 0.25) is 5.91 Å². The molecule has 29 heavy (non-hydrogen) atoms. The van der Waals surface area contributed by atoms with Crippen molar-refractivity contribution in [3.8, 4) is 0 Å². The highest BCUT2D eigenvalue weighted by molar-refractivity contribution is 7.92. The molecule has 0 bridgehead atoms. The Morgan fingerprint density at radius 1 is 0.862 bits per heavy atom. The number of sulfonamides is 1. The van der Waals surface area contributed by atoms with Crippen molar-refractivity contribution < 1.29 is 13.2 Å². The quantitative estimate of drug-likeness (QED) is 0.510. The maximum atomic E-state index is 12.8. The molecule has 3 aromatic carbocycles. The molecule has 1 amide bonds. The van der Waals surface area contributed by atoms with E-state index in [1.54, 1.807) is 30.3 Å². The van der Waals surface area contributed by atoms with Crippen LogP contribution in [0.1, 0.15) is 12.0 Å². The van der Waals surface area contributed by atoms with Gasteiger partial charge in [-0.05, 0) is 42.3 Å². The van der Waals surface area contributed by atoms with Crippen LogP contribution < -0.4 is 10.0 Å². The Bertz CT molecular complexity index is 1120. The molecular weight excluding hydrogens is 431 g/mol. The number of aryl methyl sites for hydroxylation is 1. The summed E-state index contributed by atoms with van der Waals surface area (Å²) in [7, 11) is -4.00. The van der Waals surface area contributed by atoms with E-state index in [0.717, 1.165) is 5.56 Å². The third-order valence-corrected chi connectivity index (χ3v) is 6.28. The molecule has 0 radical (unpaired) electrons. The highest BCUT2D eigenvalue weighted by Crippen LogP contribution is 2.29. The summed E-state index contributed by atoms with van der Waals surface area (Å²) in [6.45, 7) is 0. The molecular formula is C21H18Cl2N2O3S. The third-order valence-electron chi connectivity index (χ3n) is 4.11. The van der Waals surface area contributed by atoms with Gasteiger partial charge in [-0.25, -0.2) is 8.42 Å². The topological polar surface area (TPSA) is 75.3 Å². The zero-order chi connectivity index (χ0) is 20.9. The third kappa shape index (κ3) is 5.73. The number of carbonyl (C=O) groups is 1. The molecule has 0 saturated carbocycles. The Morgan fingerprint density at radius 2 is 1.55 bits per heavy atom. The number of hydrogen-bond acceptors (Lipinski definition) is 3. The fourth-order valence-corrected chi connectivity index (χ4v) is 4.50. The van der Waals surface area contributed by atoms with Gasteiger partial charge in [0.15, 0.2) is 0 Å². The lowest BCUT2D eigenvalue weighted by molar-refractivity contribution is -0.116. The number of anilines is 2. The lowest BCUT2D eigenvalue weighted by Crippen LogP contribution is -2.16. The number of nitrogens with one attached hydrogen (secondary N) is 2. The summed E-state index contributed by atoms with van der Waals surface area (Å²) in [5.74, 6) is -0.224. The van der Waals surface area contributed by atoms with Gasteiger partial charge in [-0.1, -0.05) is 65.7 Å². The molecule has 8 heteroatoms. The van der Waals surface area contributed by atoms with Crippen molar-refractivity contribution in [1.29, 1.82) is 0 Å². The molecule has 150 valence electrons. The number of halogens is 2. The number of benzene rings is 3. The smallest absolute Gasteiger partial charge is 0.263 e. The van der Waals surface area contributed by atoms with Crippen molar-refractivity contribution in [3.63, 3.8) is 0 Å². The molecule has 2 N–H and O–H groups in total. The van der Waals surface area contributed by atoms with E-state index in [-0.39, 0.29) is 33.0 Å². The zero-order valence-electron chi connectivity index (χ0n) is 15.2. The molecule has 0 aliphatic rings. The van der Waals surface area contributed by atoms with Crippen LogP contribution in [-0.4, -0.2) is 14.3 Å². The molecule has 3 rings (SSSR count). The van der Waals surface area contributed by atoms with E-state index >= 15 is 0 Å². The Kier molecular flexibility index (Phi) is 6.79. The number of rotatable bonds is 7. The van der Waals surface area contributed by atoms with Gasteiger partial charge >= 0.3 is 0 Å². The van der Waals surface area contributed by atoms with Crippen molar-refractivity contribution >= 4 is 50.5 Å². The van der Waals surface area contributed by atoms with Crippen molar-refractivity contribution in [2.45, 2.75) is 17.7 Å². The average Bonchev–Trinajstić information content (AvgIpc) is 2.70. The van der Waals surface area contributed by atoms with Gasteiger partial charge in [0.25, 0.3) is 10.0 Å². The van der Waals surface area contributed by atoms with E-state index in [9.17, 15) is 13.2 Å². The first-order valence-electron chi connectivity index (χ1n) is 8.76. The normalized spacial score (nSPS) is 11.1. The Hall–Kier alpha value is -2.54. The Morgan fingerprint density at radius 3 is 2.28 bits per heavy atom. The SMILES string of the molecule is O=C(CCc1ccccc1)Nc1ccc(Cl)c(S(=O)(=O)Nc2ccccc2Cl)c1. The molecule has 3 aromatic rings. The number of hydrogen-bond donors (Lipinski definition) is 2. The second kappa shape index (κ2) is 9.31. The van der Waals surface area contributed by atoms with E-state index in [1.165, 1.54) is 12.1 Å². The van der Waals surface area contributed by atoms with Gasteiger partial charge < -0.3 is 5.32 Å². The van der Waals surface area contributed by atoms with Gasteiger partial charge in [-0.3, -0.25) is 9.52 Å². The Balaban J connectivity index is 1.73. The van der Waals surface area contributed by atoms with Crippen molar-refractivity contribution in [1.82, 2.24) is 0 Å². The van der Waals surface area contributed by atoms with Gasteiger partial charge in [0.05, 0.1) is 15.7 Å². The first-order chi connectivity index (χ1) is 13.8. The lowest BCUT2D eigenvalue weighted by atomic mass is 10.1. The van der Waals surface area contributed by atoms with Crippen molar-refractivity contribution in [2.24, 2.45) is 0 Å². The van der Waals surface area contributed by atoms with Crippen LogP contribution in [0.3, 0.4) is 0 Å². The van der Waals surface area contributed by atoms with E-state index < -0.39 is 10.0 Å². The molecule has 0 atom stereocenters. The van der Waals surface area contributed by atoms with Crippen LogP contribution in [0.4, 0.5) is 11.4 Å². The zero-order valence-corrected chi connectivity index (χ0v) is 17.6. The van der Waals surface area contributed by atoms with Crippen LogP contribution in [0.25, 0.3) is 0 Å². The molecule has 0 spiro atoms. The largest absolute Gasteiger partial charge is 0.326 e. The van der Waals surface area contributed by atoms with E-state index in [0.29, 0.717) is 12.1 Å². The molecule has 0 saturated heterocycles. The number of carbonyl (C=O) groups excluding carboxylic acids is 1. The van der Waals surface area contributed by atoms with Gasteiger partial charge in [0, 0.05) is 12.1 Å². The van der Waals surface area contributed by atoms with Crippen molar-refractivity contribution in [3.05, 3.63) is 88.4 Å². The highest BCUT2D eigenvalue weighted by atomic mass is 35.5. The summed E-state index contributed by atoms with van der Waals surface area (Å²) in [5.41, 5.74) is 1.63. The fraction of sp³-hybridized carbons (Fsp3) is 0.0952. The molecule has 5 nitrogen and oxygen atoms in total. The minimum atomic E-state index is -4.00. The van der Waals surface area contributed by atoms with Crippen LogP contribution in [-0.2, 0) is 21.2 Å². The summed E-state index contributed by atoms with van der Waals surface area (Å²) in [5, 5.41) is 3.01. The van der Waals surface area contributed by atoms with Gasteiger partial charge in [-0.2, -0.15) is 0 Å². The number of amides is 1.